The lowest BCUT2D eigenvalue weighted by Crippen LogP contribution is -2.44. The Balaban J connectivity index is 1.33. The van der Waals surface area contributed by atoms with E-state index in [1.54, 1.807) is 28.9 Å². The van der Waals surface area contributed by atoms with Crippen molar-refractivity contribution in [2.45, 2.75) is 43.6 Å². The summed E-state index contributed by atoms with van der Waals surface area (Å²) in [6.07, 6.45) is 10.7. The number of nitrogens with zero attached hydrogens (tertiary/aromatic N) is 4. The molecule has 1 N–H and O–H groups in total. The summed E-state index contributed by atoms with van der Waals surface area (Å²) in [5, 5.41) is 4.49. The average Bonchev–Trinajstić information content (AvgIpc) is 3.27. The lowest BCUT2D eigenvalue weighted by atomic mass is 10.1. The Hall–Kier alpha value is -3.07. The SMILES string of the molecule is CC(C)(CN1CCCCC1)Oc1ccc(-c2cnc3c(-c4cccc([S+](C)(=O)O)c4)cnn3c2)cc1. The molecule has 1 aliphatic rings. The summed E-state index contributed by atoms with van der Waals surface area (Å²) in [4.78, 5) is 7.55. The summed E-state index contributed by atoms with van der Waals surface area (Å²) < 4.78 is 30.1. The molecule has 0 aliphatic carbocycles. The monoisotopic (exact) mass is 505 g/mol. The molecule has 8 heteroatoms. The zero-order chi connectivity index (χ0) is 25.3. The molecule has 1 fully saturated rings. The fourth-order valence-corrected chi connectivity index (χ4v) is 5.53. The third-order valence-corrected chi connectivity index (χ3v) is 7.70. The van der Waals surface area contributed by atoms with Gasteiger partial charge in [0.2, 0.25) is 10.2 Å². The molecule has 0 radical (unpaired) electrons. The standard InChI is InChI=1S/C28H32N4O3S/c1-28(2,20-31-14-5-4-6-15-31)35-24-12-10-21(11-13-24)23-17-29-27-26(18-30-32(27)19-23)22-8-7-9-25(16-22)36(3,33)34/h7-13,16-19H,4-6,14-15,20H2,1-3H3/p+1. The minimum atomic E-state index is -3.05. The first-order valence-electron chi connectivity index (χ1n) is 12.4. The van der Waals surface area contributed by atoms with Crippen LogP contribution in [0.5, 0.6) is 5.75 Å². The van der Waals surface area contributed by atoms with Crippen LogP contribution in [0, 0.1) is 0 Å². The topological polar surface area (TPSA) is 80.0 Å². The van der Waals surface area contributed by atoms with Crippen molar-refractivity contribution in [3.8, 4) is 28.0 Å². The first-order valence-corrected chi connectivity index (χ1v) is 14.3. The predicted octanol–water partition coefficient (Wildman–Crippen LogP) is 5.67. The first kappa shape index (κ1) is 24.6. The van der Waals surface area contributed by atoms with Gasteiger partial charge in [-0.1, -0.05) is 34.9 Å². The second-order valence-electron chi connectivity index (χ2n) is 10.2. The maximum atomic E-state index is 12.1. The van der Waals surface area contributed by atoms with Gasteiger partial charge in [0, 0.05) is 36.1 Å². The van der Waals surface area contributed by atoms with E-state index in [-0.39, 0.29) is 5.60 Å². The van der Waals surface area contributed by atoms with Gasteiger partial charge in [-0.15, -0.1) is 0 Å². The molecule has 1 aliphatic heterocycles. The Morgan fingerprint density at radius 1 is 1.00 bits per heavy atom. The van der Waals surface area contributed by atoms with Crippen LogP contribution in [0.4, 0.5) is 0 Å². The lowest BCUT2D eigenvalue weighted by Gasteiger charge is -2.35. The molecule has 3 heterocycles. The maximum absolute atomic E-state index is 12.1. The summed E-state index contributed by atoms with van der Waals surface area (Å²) in [6, 6.07) is 15.2. The van der Waals surface area contributed by atoms with Gasteiger partial charge in [0.15, 0.2) is 10.5 Å². The number of rotatable bonds is 7. The summed E-state index contributed by atoms with van der Waals surface area (Å²) in [5.41, 5.74) is 4.01. The van der Waals surface area contributed by atoms with Crippen LogP contribution < -0.4 is 4.74 Å². The van der Waals surface area contributed by atoms with Crippen LogP contribution >= 0.6 is 0 Å². The quantitative estimate of drug-likeness (QED) is 0.326. The minimum Gasteiger partial charge on any atom is -0.487 e. The van der Waals surface area contributed by atoms with Crippen LogP contribution in [0.3, 0.4) is 0 Å². The highest BCUT2D eigenvalue weighted by Crippen LogP contribution is 2.29. The number of piperidine rings is 1. The molecule has 1 saturated heterocycles. The van der Waals surface area contributed by atoms with Crippen molar-refractivity contribution >= 4 is 15.9 Å². The molecule has 7 nitrogen and oxygen atoms in total. The fourth-order valence-electron chi connectivity index (χ4n) is 4.85. The third kappa shape index (κ3) is 5.51. The molecular weight excluding hydrogens is 472 g/mol. The van der Waals surface area contributed by atoms with E-state index in [9.17, 15) is 8.76 Å². The van der Waals surface area contributed by atoms with Gasteiger partial charge in [0.05, 0.1) is 6.20 Å². The Morgan fingerprint density at radius 2 is 1.75 bits per heavy atom. The average molecular weight is 506 g/mol. The molecule has 2 aromatic heterocycles. The largest absolute Gasteiger partial charge is 0.487 e. The number of likely N-dealkylation sites (tertiary alicyclic amines) is 1. The zero-order valence-electron chi connectivity index (χ0n) is 21.1. The highest BCUT2D eigenvalue weighted by atomic mass is 32.3. The van der Waals surface area contributed by atoms with Gasteiger partial charge in [-0.3, -0.25) is 4.90 Å². The van der Waals surface area contributed by atoms with E-state index >= 15 is 0 Å². The molecule has 2 aromatic carbocycles. The molecular formula is C28H33N4O3S+. The van der Waals surface area contributed by atoms with Crippen molar-refractivity contribution in [3.05, 3.63) is 67.1 Å². The number of fused-ring (bicyclic) bond motifs is 1. The van der Waals surface area contributed by atoms with Gasteiger partial charge < -0.3 is 4.74 Å². The molecule has 1 atom stereocenters. The first-order chi connectivity index (χ1) is 17.2. The molecule has 5 rings (SSSR count). The Bertz CT molecular complexity index is 1400. The van der Waals surface area contributed by atoms with Crippen LogP contribution in [-0.2, 0) is 14.4 Å². The van der Waals surface area contributed by atoms with E-state index in [0.29, 0.717) is 10.5 Å². The summed E-state index contributed by atoms with van der Waals surface area (Å²) in [7, 11) is -3.05. The molecule has 188 valence electrons. The minimum absolute atomic E-state index is 0.261. The number of ether oxygens (including phenoxy) is 1. The number of hydrogen-bond donors (Lipinski definition) is 1. The Labute approximate surface area is 213 Å². The predicted molar refractivity (Wildman–Crippen MR) is 144 cm³/mol. The molecule has 4 aromatic rings. The van der Waals surface area contributed by atoms with Crippen molar-refractivity contribution < 1.29 is 13.5 Å². The fraction of sp³-hybridized carbons (Fsp3) is 0.357. The van der Waals surface area contributed by atoms with Crippen LogP contribution in [-0.4, -0.2) is 55.5 Å². The molecule has 36 heavy (non-hydrogen) atoms. The highest BCUT2D eigenvalue weighted by Gasteiger charge is 2.25. The number of hydrogen-bond acceptors (Lipinski definition) is 5. The van der Waals surface area contributed by atoms with Crippen molar-refractivity contribution in [3.63, 3.8) is 0 Å². The Morgan fingerprint density at radius 3 is 2.47 bits per heavy atom. The molecule has 0 saturated carbocycles. The number of aromatic nitrogens is 3. The molecule has 1 unspecified atom stereocenters. The van der Waals surface area contributed by atoms with E-state index in [4.69, 9.17) is 4.74 Å². The van der Waals surface area contributed by atoms with Gasteiger partial charge >= 0.3 is 0 Å². The van der Waals surface area contributed by atoms with Crippen LogP contribution in [0.2, 0.25) is 0 Å². The maximum Gasteiger partial charge on any atom is 0.244 e. The van der Waals surface area contributed by atoms with E-state index in [2.05, 4.69) is 28.8 Å². The van der Waals surface area contributed by atoms with Crippen molar-refractivity contribution in [1.82, 2.24) is 19.5 Å². The summed E-state index contributed by atoms with van der Waals surface area (Å²) in [5.74, 6) is 0.854. The van der Waals surface area contributed by atoms with Gasteiger partial charge in [0.1, 0.15) is 17.6 Å². The third-order valence-electron chi connectivity index (χ3n) is 6.57. The van der Waals surface area contributed by atoms with Crippen LogP contribution in [0.1, 0.15) is 33.1 Å². The van der Waals surface area contributed by atoms with Gasteiger partial charge in [-0.2, -0.15) is 9.65 Å². The highest BCUT2D eigenvalue weighted by molar-refractivity contribution is 7.97. The summed E-state index contributed by atoms with van der Waals surface area (Å²) >= 11 is 0. The second-order valence-corrected chi connectivity index (χ2v) is 12.3. The van der Waals surface area contributed by atoms with Crippen molar-refractivity contribution in [2.24, 2.45) is 0 Å². The Kier molecular flexibility index (Phi) is 6.68. The van der Waals surface area contributed by atoms with Crippen molar-refractivity contribution in [2.75, 3.05) is 25.9 Å². The van der Waals surface area contributed by atoms with E-state index in [0.717, 1.165) is 47.6 Å². The number of benzene rings is 2. The zero-order valence-corrected chi connectivity index (χ0v) is 21.9. The molecule has 0 amide bonds. The smallest absolute Gasteiger partial charge is 0.244 e. The van der Waals surface area contributed by atoms with Crippen LogP contribution in [0.15, 0.2) is 72.0 Å². The normalized spacial score (nSPS) is 16.7. The van der Waals surface area contributed by atoms with Gasteiger partial charge in [-0.25, -0.2) is 9.50 Å². The molecule has 0 bridgehead atoms. The van der Waals surface area contributed by atoms with Crippen molar-refractivity contribution in [1.29, 1.82) is 0 Å². The van der Waals surface area contributed by atoms with Gasteiger partial charge in [-0.05, 0) is 69.1 Å². The van der Waals surface area contributed by atoms with E-state index < -0.39 is 10.2 Å². The van der Waals surface area contributed by atoms with E-state index in [1.165, 1.54) is 25.5 Å². The molecule has 0 spiro atoms. The lowest BCUT2D eigenvalue weighted by molar-refractivity contribution is 0.0520. The van der Waals surface area contributed by atoms with Crippen LogP contribution in [0.25, 0.3) is 27.9 Å². The second kappa shape index (κ2) is 9.76. The van der Waals surface area contributed by atoms with Gasteiger partial charge in [0.25, 0.3) is 0 Å². The van der Waals surface area contributed by atoms with E-state index in [1.807, 2.05) is 42.7 Å². The summed E-state index contributed by atoms with van der Waals surface area (Å²) in [6.45, 7) is 7.54.